The maximum absolute atomic E-state index is 12.7. The number of hydrogen-bond acceptors (Lipinski definition) is 2. The number of ether oxygens (including phenoxy) is 1. The molecule has 0 atom stereocenters. The van der Waals surface area contributed by atoms with Crippen molar-refractivity contribution in [2.75, 3.05) is 24.6 Å². The van der Waals surface area contributed by atoms with Crippen LogP contribution in [0.15, 0.2) is 24.3 Å². The summed E-state index contributed by atoms with van der Waals surface area (Å²) in [7, 11) is 0. The Balaban J connectivity index is 1.99. The van der Waals surface area contributed by atoms with Crippen LogP contribution in [0.5, 0.6) is 5.75 Å². The van der Waals surface area contributed by atoms with E-state index < -0.39 is 18.7 Å². The van der Waals surface area contributed by atoms with E-state index in [4.69, 9.17) is 0 Å². The summed E-state index contributed by atoms with van der Waals surface area (Å²) in [5.41, 5.74) is 0.500. The fraction of sp³-hybridized carbons (Fsp3) is 0.417. The second kappa shape index (κ2) is 5.38. The Kier molecular flexibility index (Phi) is 3.93. The minimum absolute atomic E-state index is 0.137. The molecule has 0 bridgehead atoms. The zero-order valence-electron chi connectivity index (χ0n) is 10.6. The van der Waals surface area contributed by atoms with Crippen LogP contribution in [0.1, 0.15) is 0 Å². The summed E-state index contributed by atoms with van der Waals surface area (Å²) in [6.07, 6.45) is -5.65. The summed E-state index contributed by atoms with van der Waals surface area (Å²) in [6.45, 7) is -0.861. The lowest BCUT2D eigenvalue weighted by atomic mass is 10.3. The second-order valence-electron chi connectivity index (χ2n) is 4.37. The summed E-state index contributed by atoms with van der Waals surface area (Å²) < 4.78 is 65.7. The third kappa shape index (κ3) is 3.34. The molecule has 1 N–H and O–H groups in total. The largest absolute Gasteiger partial charge is 0.487 e. The number of benzene rings is 1. The van der Waals surface area contributed by atoms with E-state index in [-0.39, 0.29) is 11.8 Å². The highest BCUT2D eigenvalue weighted by molar-refractivity contribution is 5.94. The summed E-state index contributed by atoms with van der Waals surface area (Å²) in [5, 5.41) is 2.58. The van der Waals surface area contributed by atoms with Crippen LogP contribution in [0.25, 0.3) is 0 Å². The quantitative estimate of drug-likeness (QED) is 0.869. The molecule has 0 aliphatic carbocycles. The van der Waals surface area contributed by atoms with Crippen LogP contribution in [0, 0.1) is 0 Å². The molecule has 1 heterocycles. The van der Waals surface area contributed by atoms with E-state index >= 15 is 0 Å². The molecule has 1 aromatic carbocycles. The molecule has 1 aliphatic heterocycles. The Hall–Kier alpha value is -2.06. The Morgan fingerprint density at radius 1 is 1.14 bits per heavy atom. The summed E-state index contributed by atoms with van der Waals surface area (Å²) in [5.74, 6) is -5.05. The monoisotopic (exact) mass is 310 g/mol. The zero-order valence-corrected chi connectivity index (χ0v) is 10.6. The molecule has 21 heavy (non-hydrogen) atoms. The van der Waals surface area contributed by atoms with E-state index in [0.29, 0.717) is 18.8 Å². The van der Waals surface area contributed by atoms with Gasteiger partial charge in [-0.15, -0.1) is 0 Å². The van der Waals surface area contributed by atoms with Gasteiger partial charge in [0.25, 0.3) is 0 Å². The lowest BCUT2D eigenvalue weighted by molar-refractivity contribution is -0.290. The molecule has 0 aromatic heterocycles. The number of halogens is 5. The van der Waals surface area contributed by atoms with Crippen LogP contribution >= 0.6 is 0 Å². The third-order valence-corrected chi connectivity index (χ3v) is 2.84. The Labute approximate surface area is 116 Å². The minimum Gasteiger partial charge on any atom is -0.487 e. The van der Waals surface area contributed by atoms with Crippen molar-refractivity contribution in [2.45, 2.75) is 12.1 Å². The number of carbonyl (C=O) groups excluding carboxylic acids is 1. The van der Waals surface area contributed by atoms with Crippen molar-refractivity contribution in [3.05, 3.63) is 24.3 Å². The summed E-state index contributed by atoms with van der Waals surface area (Å²) in [6, 6.07) is 4.98. The predicted octanol–water partition coefficient (Wildman–Crippen LogP) is 2.79. The highest BCUT2D eigenvalue weighted by atomic mass is 19.4. The molecule has 1 fully saturated rings. The van der Waals surface area contributed by atoms with E-state index in [1.165, 1.54) is 29.2 Å². The van der Waals surface area contributed by atoms with Gasteiger partial charge in [0, 0.05) is 18.8 Å². The average Bonchev–Trinajstić information content (AvgIpc) is 2.82. The van der Waals surface area contributed by atoms with E-state index in [9.17, 15) is 26.7 Å². The Bertz CT molecular complexity index is 515. The highest BCUT2D eigenvalue weighted by Crippen LogP contribution is 2.35. The van der Waals surface area contributed by atoms with Crippen molar-refractivity contribution >= 4 is 11.7 Å². The van der Waals surface area contributed by atoms with Crippen molar-refractivity contribution in [2.24, 2.45) is 0 Å². The number of nitrogens with one attached hydrogen (secondary N) is 1. The van der Waals surface area contributed by atoms with E-state index in [2.05, 4.69) is 10.1 Å². The van der Waals surface area contributed by atoms with Crippen LogP contribution < -0.4 is 15.0 Å². The summed E-state index contributed by atoms with van der Waals surface area (Å²) in [4.78, 5) is 12.8. The van der Waals surface area contributed by atoms with Crippen molar-refractivity contribution in [3.63, 3.8) is 0 Å². The molecule has 1 saturated heterocycles. The van der Waals surface area contributed by atoms with Gasteiger partial charge in [0.2, 0.25) is 0 Å². The van der Waals surface area contributed by atoms with Crippen molar-refractivity contribution in [1.82, 2.24) is 5.32 Å². The van der Waals surface area contributed by atoms with Crippen molar-refractivity contribution in [3.8, 4) is 5.75 Å². The van der Waals surface area contributed by atoms with Crippen molar-refractivity contribution < 1.29 is 31.5 Å². The number of carbonyl (C=O) groups is 1. The van der Waals surface area contributed by atoms with Crippen LogP contribution in [-0.2, 0) is 0 Å². The van der Waals surface area contributed by atoms with Crippen LogP contribution in [0.4, 0.5) is 32.4 Å². The molecular weight excluding hydrogens is 299 g/mol. The van der Waals surface area contributed by atoms with Gasteiger partial charge in [0.05, 0.1) is 0 Å². The van der Waals surface area contributed by atoms with Gasteiger partial charge in [-0.25, -0.2) is 4.79 Å². The molecule has 116 valence electrons. The van der Waals surface area contributed by atoms with Crippen LogP contribution in [-0.4, -0.2) is 37.8 Å². The van der Waals surface area contributed by atoms with Gasteiger partial charge in [-0.05, 0) is 24.3 Å². The number of alkyl halides is 5. The van der Waals surface area contributed by atoms with Crippen molar-refractivity contribution in [1.29, 1.82) is 0 Å². The first-order chi connectivity index (χ1) is 9.71. The van der Waals surface area contributed by atoms with Gasteiger partial charge in [-0.3, -0.25) is 4.90 Å². The van der Waals surface area contributed by atoms with Crippen LogP contribution in [0.3, 0.4) is 0 Å². The third-order valence-electron chi connectivity index (χ3n) is 2.84. The number of amides is 2. The lowest BCUT2D eigenvalue weighted by Gasteiger charge is -2.20. The zero-order chi connectivity index (χ0) is 15.7. The number of hydrogen-bond donors (Lipinski definition) is 1. The first-order valence-electron chi connectivity index (χ1n) is 5.93. The van der Waals surface area contributed by atoms with Gasteiger partial charge in [0.15, 0.2) is 6.61 Å². The lowest BCUT2D eigenvalue weighted by Crippen LogP contribution is -2.41. The topological polar surface area (TPSA) is 41.6 Å². The standard InChI is InChI=1S/C12H11F5N2O2/c13-11(14,12(15,16)17)7-21-9-3-1-8(2-4-9)19-6-5-18-10(19)20/h1-4H,5-7H2,(H,18,20). The minimum atomic E-state index is -5.65. The van der Waals surface area contributed by atoms with E-state index in [0.717, 1.165) is 0 Å². The fourth-order valence-corrected chi connectivity index (χ4v) is 1.70. The molecule has 2 rings (SSSR count). The summed E-state index contributed by atoms with van der Waals surface area (Å²) >= 11 is 0. The van der Waals surface area contributed by atoms with E-state index in [1.54, 1.807) is 0 Å². The molecule has 1 aliphatic rings. The highest BCUT2D eigenvalue weighted by Gasteiger charge is 2.58. The molecule has 0 saturated carbocycles. The maximum atomic E-state index is 12.7. The fourth-order valence-electron chi connectivity index (χ4n) is 1.70. The first kappa shape index (κ1) is 15.3. The van der Waals surface area contributed by atoms with Gasteiger partial charge in [0.1, 0.15) is 5.75 Å². The molecule has 0 radical (unpaired) electrons. The smallest absolute Gasteiger partial charge is 0.456 e. The van der Waals surface area contributed by atoms with Gasteiger partial charge in [-0.1, -0.05) is 0 Å². The number of nitrogens with zero attached hydrogens (tertiary/aromatic N) is 1. The molecule has 1 aromatic rings. The van der Waals surface area contributed by atoms with Gasteiger partial charge in [-0.2, -0.15) is 22.0 Å². The molecular formula is C12H11F5N2O2. The Morgan fingerprint density at radius 3 is 2.24 bits per heavy atom. The van der Waals surface area contributed by atoms with Gasteiger partial charge >= 0.3 is 18.1 Å². The number of urea groups is 1. The molecule has 0 spiro atoms. The maximum Gasteiger partial charge on any atom is 0.456 e. The van der Waals surface area contributed by atoms with E-state index in [1.807, 2.05) is 0 Å². The SMILES string of the molecule is O=C1NCCN1c1ccc(OCC(F)(F)C(F)(F)F)cc1. The Morgan fingerprint density at radius 2 is 1.76 bits per heavy atom. The van der Waals surface area contributed by atoms with Gasteiger partial charge < -0.3 is 10.1 Å². The molecule has 4 nitrogen and oxygen atoms in total. The predicted molar refractivity (Wildman–Crippen MR) is 63.7 cm³/mol. The average molecular weight is 310 g/mol. The number of rotatable bonds is 4. The first-order valence-corrected chi connectivity index (χ1v) is 5.93. The molecule has 2 amide bonds. The molecule has 9 heteroatoms. The second-order valence-corrected chi connectivity index (χ2v) is 4.37. The van der Waals surface area contributed by atoms with Crippen LogP contribution in [0.2, 0.25) is 0 Å². The molecule has 0 unspecified atom stereocenters. The normalized spacial score (nSPS) is 16.0. The number of anilines is 1.